The molecule has 0 atom stereocenters. The van der Waals surface area contributed by atoms with Gasteiger partial charge in [0.05, 0.1) is 17.9 Å². The van der Waals surface area contributed by atoms with Crippen molar-refractivity contribution in [3.8, 4) is 5.75 Å². The Morgan fingerprint density at radius 2 is 1.82 bits per heavy atom. The zero-order chi connectivity index (χ0) is 20.5. The maximum atomic E-state index is 13.1. The Morgan fingerprint density at radius 3 is 2.46 bits per heavy atom. The molecule has 0 spiro atoms. The number of hydrogen-bond donors (Lipinski definition) is 2. The number of hydrogen-bond acceptors (Lipinski definition) is 4. The summed E-state index contributed by atoms with van der Waals surface area (Å²) in [7, 11) is -3.99. The monoisotopic (exact) mass is 419 g/mol. The van der Waals surface area contributed by atoms with Crippen LogP contribution in [0.15, 0.2) is 59.6 Å². The number of phenols is 1. The zero-order valence-corrected chi connectivity index (χ0v) is 17.4. The fraction of sp³-hybridized carbons (Fsp3) is 0.250. The smallest absolute Gasteiger partial charge is 0.265 e. The lowest BCUT2D eigenvalue weighted by molar-refractivity contribution is 0.477. The van der Waals surface area contributed by atoms with E-state index < -0.39 is 15.4 Å². The average molecular weight is 420 g/mol. The summed E-state index contributed by atoms with van der Waals surface area (Å²) in [6, 6.07) is 13.8. The quantitative estimate of drug-likeness (QED) is 0.600. The molecule has 2 aromatic carbocycles. The van der Waals surface area contributed by atoms with E-state index in [0.717, 1.165) is 5.56 Å². The van der Waals surface area contributed by atoms with Gasteiger partial charge in [-0.1, -0.05) is 62.7 Å². The Kier molecular flexibility index (Phi) is 5.41. The summed E-state index contributed by atoms with van der Waals surface area (Å²) in [6.07, 6.45) is 1.51. The number of rotatable bonds is 5. The first-order valence-electron chi connectivity index (χ1n) is 8.69. The van der Waals surface area contributed by atoms with Crippen LogP contribution in [-0.2, 0) is 22.0 Å². The first-order valence-corrected chi connectivity index (χ1v) is 10.6. The minimum absolute atomic E-state index is 0.0168. The molecule has 1 heterocycles. The van der Waals surface area contributed by atoms with Crippen LogP contribution in [0.4, 0.5) is 5.69 Å². The van der Waals surface area contributed by atoms with Crippen molar-refractivity contribution in [2.45, 2.75) is 37.6 Å². The van der Waals surface area contributed by atoms with E-state index in [1.165, 1.54) is 24.4 Å². The van der Waals surface area contributed by atoms with Crippen molar-refractivity contribution in [2.75, 3.05) is 4.72 Å². The molecule has 0 radical (unpaired) electrons. The van der Waals surface area contributed by atoms with Crippen LogP contribution in [-0.4, -0.2) is 23.3 Å². The molecule has 0 amide bonds. The molecule has 0 saturated carbocycles. The molecule has 2 N–H and O–H groups in total. The maximum absolute atomic E-state index is 13.1. The van der Waals surface area contributed by atoms with Gasteiger partial charge in [0.15, 0.2) is 0 Å². The molecule has 148 valence electrons. The molecular formula is C20H22ClN3O3S. The first-order chi connectivity index (χ1) is 13.1. The third-order valence-electron chi connectivity index (χ3n) is 4.12. The lowest BCUT2D eigenvalue weighted by Crippen LogP contribution is -2.20. The van der Waals surface area contributed by atoms with Crippen molar-refractivity contribution in [2.24, 2.45) is 0 Å². The lowest BCUT2D eigenvalue weighted by atomic mass is 9.92. The number of aromatic nitrogens is 2. The minimum Gasteiger partial charge on any atom is -0.506 e. The van der Waals surface area contributed by atoms with Gasteiger partial charge >= 0.3 is 0 Å². The Labute approximate surface area is 169 Å². The summed E-state index contributed by atoms with van der Waals surface area (Å²) in [5.74, 6) is -0.207. The second-order valence-electron chi connectivity index (χ2n) is 7.54. The van der Waals surface area contributed by atoms with Crippen LogP contribution in [0, 0.1) is 0 Å². The van der Waals surface area contributed by atoms with E-state index >= 15 is 0 Å². The number of nitrogens with zero attached hydrogens (tertiary/aromatic N) is 2. The highest BCUT2D eigenvalue weighted by molar-refractivity contribution is 7.92. The van der Waals surface area contributed by atoms with E-state index in [4.69, 9.17) is 11.6 Å². The van der Waals surface area contributed by atoms with Crippen LogP contribution >= 0.6 is 11.6 Å². The summed E-state index contributed by atoms with van der Waals surface area (Å²) in [5, 5.41) is 14.8. The van der Waals surface area contributed by atoms with E-state index in [0.29, 0.717) is 17.3 Å². The van der Waals surface area contributed by atoms with Gasteiger partial charge in [0.25, 0.3) is 10.0 Å². The highest BCUT2D eigenvalue weighted by Crippen LogP contribution is 2.32. The lowest BCUT2D eigenvalue weighted by Gasteiger charge is -2.18. The number of sulfonamides is 1. The SMILES string of the molecule is CC(C)(C)c1nn(Cc2ccccc2)cc1S(=O)(=O)Nc1cc(Cl)ccc1O. The summed E-state index contributed by atoms with van der Waals surface area (Å²) < 4.78 is 30.2. The van der Waals surface area contributed by atoms with Crippen LogP contribution in [0.1, 0.15) is 32.0 Å². The normalized spacial score (nSPS) is 12.1. The molecule has 8 heteroatoms. The second-order valence-corrected chi connectivity index (χ2v) is 9.63. The van der Waals surface area contributed by atoms with Crippen LogP contribution in [0.5, 0.6) is 5.75 Å². The van der Waals surface area contributed by atoms with Crippen molar-refractivity contribution >= 4 is 27.3 Å². The third-order valence-corrected chi connectivity index (χ3v) is 5.72. The molecule has 3 aromatic rings. The van der Waals surface area contributed by atoms with E-state index in [9.17, 15) is 13.5 Å². The van der Waals surface area contributed by atoms with Crippen LogP contribution in [0.2, 0.25) is 5.02 Å². The molecule has 0 bridgehead atoms. The average Bonchev–Trinajstić information content (AvgIpc) is 3.04. The standard InChI is InChI=1S/C20H22ClN3O3S/c1-20(2,3)19-18(13-24(22-19)12-14-7-5-4-6-8-14)28(26,27)23-16-11-15(21)9-10-17(16)25/h4-11,13,23,25H,12H2,1-3H3. The molecule has 28 heavy (non-hydrogen) atoms. The van der Waals surface area contributed by atoms with Crippen molar-refractivity contribution < 1.29 is 13.5 Å². The summed E-state index contributed by atoms with van der Waals surface area (Å²) in [5.41, 5.74) is 0.970. The molecule has 6 nitrogen and oxygen atoms in total. The van der Waals surface area contributed by atoms with Gasteiger partial charge in [0.2, 0.25) is 0 Å². The fourth-order valence-electron chi connectivity index (χ4n) is 2.76. The number of anilines is 1. The Bertz CT molecular complexity index is 1090. The van der Waals surface area contributed by atoms with Gasteiger partial charge in [-0.2, -0.15) is 5.10 Å². The topological polar surface area (TPSA) is 84.2 Å². The van der Waals surface area contributed by atoms with Crippen molar-refractivity contribution in [3.63, 3.8) is 0 Å². The van der Waals surface area contributed by atoms with Gasteiger partial charge in [-0.25, -0.2) is 8.42 Å². The van der Waals surface area contributed by atoms with Gasteiger partial charge < -0.3 is 5.11 Å². The van der Waals surface area contributed by atoms with Gasteiger partial charge in [0.1, 0.15) is 10.6 Å². The summed E-state index contributed by atoms with van der Waals surface area (Å²) >= 11 is 5.93. The van der Waals surface area contributed by atoms with Gasteiger partial charge in [0, 0.05) is 16.6 Å². The van der Waals surface area contributed by atoms with Gasteiger partial charge in [-0.3, -0.25) is 9.40 Å². The second kappa shape index (κ2) is 7.48. The number of benzene rings is 2. The summed E-state index contributed by atoms with van der Waals surface area (Å²) in [4.78, 5) is 0.0651. The van der Waals surface area contributed by atoms with Crippen LogP contribution < -0.4 is 4.72 Å². The molecule has 3 rings (SSSR count). The predicted molar refractivity (Wildman–Crippen MR) is 110 cm³/mol. The molecule has 1 aromatic heterocycles. The van der Waals surface area contributed by atoms with E-state index in [-0.39, 0.29) is 16.3 Å². The Balaban J connectivity index is 2.02. The van der Waals surface area contributed by atoms with Crippen LogP contribution in [0.3, 0.4) is 0 Å². The highest BCUT2D eigenvalue weighted by Gasteiger charge is 2.30. The molecule has 0 unspecified atom stereocenters. The van der Waals surface area contributed by atoms with E-state index in [1.54, 1.807) is 4.68 Å². The molecule has 0 fully saturated rings. The molecule has 0 aliphatic carbocycles. The number of halogens is 1. The number of phenolic OH excluding ortho intramolecular Hbond substituents is 1. The first kappa shape index (κ1) is 20.2. The largest absolute Gasteiger partial charge is 0.506 e. The Hall–Kier alpha value is -2.51. The summed E-state index contributed by atoms with van der Waals surface area (Å²) in [6.45, 7) is 6.15. The minimum atomic E-state index is -3.99. The molecule has 0 saturated heterocycles. The zero-order valence-electron chi connectivity index (χ0n) is 15.8. The Morgan fingerprint density at radius 1 is 1.14 bits per heavy atom. The maximum Gasteiger partial charge on any atom is 0.265 e. The predicted octanol–water partition coefficient (Wildman–Crippen LogP) is 4.39. The van der Waals surface area contributed by atoms with E-state index in [1.807, 2.05) is 51.1 Å². The van der Waals surface area contributed by atoms with Gasteiger partial charge in [-0.05, 0) is 23.8 Å². The number of aromatic hydroxyl groups is 1. The van der Waals surface area contributed by atoms with Crippen molar-refractivity contribution in [1.82, 2.24) is 9.78 Å². The highest BCUT2D eigenvalue weighted by atomic mass is 35.5. The number of nitrogens with one attached hydrogen (secondary N) is 1. The van der Waals surface area contributed by atoms with Crippen molar-refractivity contribution in [3.05, 3.63) is 71.0 Å². The van der Waals surface area contributed by atoms with Gasteiger partial charge in [-0.15, -0.1) is 0 Å². The van der Waals surface area contributed by atoms with Crippen molar-refractivity contribution in [1.29, 1.82) is 0 Å². The van der Waals surface area contributed by atoms with E-state index in [2.05, 4.69) is 9.82 Å². The van der Waals surface area contributed by atoms with Crippen LogP contribution in [0.25, 0.3) is 0 Å². The fourth-order valence-corrected chi connectivity index (χ4v) is 4.36. The molecule has 0 aliphatic rings. The third kappa shape index (κ3) is 4.48. The molecular weight excluding hydrogens is 398 g/mol. The molecule has 0 aliphatic heterocycles.